The zero-order valence-electron chi connectivity index (χ0n) is 16.6. The van der Waals surface area contributed by atoms with Crippen LogP contribution in [0.25, 0.3) is 10.2 Å². The fourth-order valence-corrected chi connectivity index (χ4v) is 3.86. The molecule has 28 heavy (non-hydrogen) atoms. The summed E-state index contributed by atoms with van der Waals surface area (Å²) in [4.78, 5) is 25.6. The van der Waals surface area contributed by atoms with E-state index in [-0.39, 0.29) is 18.6 Å². The Bertz CT molecular complexity index is 988. The zero-order valence-corrected chi connectivity index (χ0v) is 17.4. The van der Waals surface area contributed by atoms with Gasteiger partial charge in [0, 0.05) is 11.4 Å². The summed E-state index contributed by atoms with van der Waals surface area (Å²) in [5.41, 5.74) is 3.23. The van der Waals surface area contributed by atoms with Crippen molar-refractivity contribution in [3.8, 4) is 0 Å². The first-order valence-electron chi connectivity index (χ1n) is 9.36. The average molecular weight is 400 g/mol. The van der Waals surface area contributed by atoms with Crippen LogP contribution in [0.4, 0.5) is 0 Å². The van der Waals surface area contributed by atoms with Gasteiger partial charge in [0.25, 0.3) is 5.91 Å². The summed E-state index contributed by atoms with van der Waals surface area (Å²) < 4.78 is 7.08. The molecular formula is C21H25N3O3S. The van der Waals surface area contributed by atoms with Gasteiger partial charge in [-0.1, -0.05) is 36.8 Å². The molecule has 7 heteroatoms. The van der Waals surface area contributed by atoms with Crippen LogP contribution in [0.2, 0.25) is 0 Å². The van der Waals surface area contributed by atoms with Crippen molar-refractivity contribution in [1.29, 1.82) is 0 Å². The number of nitrogens with zero attached hydrogens (tertiary/aromatic N) is 2. The molecule has 6 nitrogen and oxygen atoms in total. The molecule has 0 aliphatic rings. The molecule has 3 rings (SSSR count). The number of ether oxygens (including phenoxy) is 1. The van der Waals surface area contributed by atoms with E-state index in [1.54, 1.807) is 6.07 Å². The summed E-state index contributed by atoms with van der Waals surface area (Å²) in [6, 6.07) is 10.2. The Hall–Kier alpha value is -2.67. The van der Waals surface area contributed by atoms with Crippen LogP contribution in [-0.4, -0.2) is 34.3 Å². The molecule has 0 radical (unpaired) electrons. The van der Waals surface area contributed by atoms with Gasteiger partial charge in [-0.2, -0.15) is 5.10 Å². The van der Waals surface area contributed by atoms with E-state index in [9.17, 15) is 9.59 Å². The number of benzene rings is 1. The third-order valence-corrected chi connectivity index (χ3v) is 5.74. The molecule has 1 N–H and O–H groups in total. The second-order valence-electron chi connectivity index (χ2n) is 7.01. The summed E-state index contributed by atoms with van der Waals surface area (Å²) in [5.74, 6) is -0.771. The van der Waals surface area contributed by atoms with E-state index >= 15 is 0 Å². The minimum atomic E-state index is -0.484. The van der Waals surface area contributed by atoms with Gasteiger partial charge in [0.05, 0.1) is 12.2 Å². The first kappa shape index (κ1) is 20.1. The predicted octanol–water partition coefficient (Wildman–Crippen LogP) is 3.83. The topological polar surface area (TPSA) is 73.2 Å². The lowest BCUT2D eigenvalue weighted by Crippen LogP contribution is -2.35. The van der Waals surface area contributed by atoms with Crippen molar-refractivity contribution in [1.82, 2.24) is 15.1 Å². The monoisotopic (exact) mass is 399 g/mol. The van der Waals surface area contributed by atoms with Gasteiger partial charge < -0.3 is 10.1 Å². The predicted molar refractivity (Wildman–Crippen MR) is 111 cm³/mol. The van der Waals surface area contributed by atoms with E-state index in [1.807, 2.05) is 25.5 Å². The summed E-state index contributed by atoms with van der Waals surface area (Å²) in [6.07, 6.45) is 0.826. The van der Waals surface area contributed by atoms with Gasteiger partial charge in [0.2, 0.25) is 0 Å². The van der Waals surface area contributed by atoms with E-state index in [0.29, 0.717) is 11.4 Å². The number of esters is 1. The lowest BCUT2D eigenvalue weighted by Gasteiger charge is -2.11. The Balaban J connectivity index is 1.72. The van der Waals surface area contributed by atoms with Crippen LogP contribution < -0.4 is 5.32 Å². The molecule has 0 fully saturated rings. The third kappa shape index (κ3) is 4.59. The molecule has 0 unspecified atom stereocenters. The van der Waals surface area contributed by atoms with E-state index in [1.165, 1.54) is 16.9 Å². The van der Waals surface area contributed by atoms with Gasteiger partial charge in [-0.15, -0.1) is 11.3 Å². The number of aromatic nitrogens is 2. The van der Waals surface area contributed by atoms with Crippen LogP contribution in [0.15, 0.2) is 30.3 Å². The molecule has 2 aromatic heterocycles. The van der Waals surface area contributed by atoms with Gasteiger partial charge >= 0.3 is 5.97 Å². The average Bonchev–Trinajstić information content (AvgIpc) is 3.23. The van der Waals surface area contributed by atoms with Crippen molar-refractivity contribution in [3.05, 3.63) is 52.0 Å². The van der Waals surface area contributed by atoms with E-state index in [2.05, 4.69) is 41.6 Å². The highest BCUT2D eigenvalue weighted by atomic mass is 32.1. The Kier molecular flexibility index (Phi) is 6.14. The van der Waals surface area contributed by atoms with E-state index < -0.39 is 5.97 Å². The number of aryl methyl sites for hydroxylation is 2. The number of carbonyl (C=O) groups is 2. The van der Waals surface area contributed by atoms with E-state index in [0.717, 1.165) is 27.9 Å². The summed E-state index contributed by atoms with van der Waals surface area (Å²) in [7, 11) is 0. The first-order chi connectivity index (χ1) is 13.4. The summed E-state index contributed by atoms with van der Waals surface area (Å²) in [5, 5.41) is 8.31. The number of amides is 1. The highest BCUT2D eigenvalue weighted by Crippen LogP contribution is 2.29. The second kappa shape index (κ2) is 8.56. The largest absolute Gasteiger partial charge is 0.451 e. The number of hydrogen-bond donors (Lipinski definition) is 1. The molecule has 0 saturated heterocycles. The lowest BCUT2D eigenvalue weighted by atomic mass is 10.1. The molecule has 3 aromatic rings. The summed E-state index contributed by atoms with van der Waals surface area (Å²) >= 11 is 1.34. The van der Waals surface area contributed by atoms with Crippen LogP contribution in [0, 0.1) is 13.8 Å². The van der Waals surface area contributed by atoms with Crippen LogP contribution in [0.3, 0.4) is 0 Å². The van der Waals surface area contributed by atoms with Crippen molar-refractivity contribution in [2.75, 3.05) is 6.61 Å². The maximum absolute atomic E-state index is 12.4. The number of hydrogen-bond acceptors (Lipinski definition) is 5. The molecule has 0 spiro atoms. The van der Waals surface area contributed by atoms with Crippen LogP contribution >= 0.6 is 11.3 Å². The van der Waals surface area contributed by atoms with Gasteiger partial charge in [0.15, 0.2) is 6.61 Å². The first-order valence-corrected chi connectivity index (χ1v) is 10.2. The maximum Gasteiger partial charge on any atom is 0.348 e. The Morgan fingerprint density at radius 1 is 1.25 bits per heavy atom. The van der Waals surface area contributed by atoms with Gasteiger partial charge in [-0.05, 0) is 38.8 Å². The minimum absolute atomic E-state index is 0.0611. The van der Waals surface area contributed by atoms with Crippen molar-refractivity contribution < 1.29 is 14.3 Å². The Labute approximate surface area is 168 Å². The van der Waals surface area contributed by atoms with Crippen LogP contribution in [-0.2, 0) is 16.1 Å². The normalized spacial score (nSPS) is 12.1. The maximum atomic E-state index is 12.4. The molecular weight excluding hydrogens is 374 g/mol. The number of carbonyl (C=O) groups excluding carboxylic acids is 2. The molecule has 0 aliphatic heterocycles. The Morgan fingerprint density at radius 3 is 2.64 bits per heavy atom. The molecule has 148 valence electrons. The molecule has 0 aliphatic carbocycles. The molecule has 2 heterocycles. The highest BCUT2D eigenvalue weighted by molar-refractivity contribution is 7.20. The van der Waals surface area contributed by atoms with Crippen molar-refractivity contribution in [2.45, 2.75) is 46.7 Å². The molecule has 0 saturated carbocycles. The van der Waals surface area contributed by atoms with E-state index in [4.69, 9.17) is 4.74 Å². The zero-order chi connectivity index (χ0) is 20.3. The molecule has 1 atom stereocenters. The van der Waals surface area contributed by atoms with Gasteiger partial charge in [-0.25, -0.2) is 4.79 Å². The highest BCUT2D eigenvalue weighted by Gasteiger charge is 2.18. The number of nitrogens with one attached hydrogen (secondary N) is 1. The Morgan fingerprint density at radius 2 is 1.96 bits per heavy atom. The smallest absolute Gasteiger partial charge is 0.348 e. The fraction of sp³-hybridized carbons (Fsp3) is 0.381. The number of thiophene rings is 1. The van der Waals surface area contributed by atoms with Crippen molar-refractivity contribution in [3.63, 3.8) is 0 Å². The lowest BCUT2D eigenvalue weighted by molar-refractivity contribution is -0.124. The number of fused-ring (bicyclic) bond motifs is 1. The number of rotatable bonds is 7. The van der Waals surface area contributed by atoms with Crippen molar-refractivity contribution >= 4 is 33.4 Å². The van der Waals surface area contributed by atoms with Gasteiger partial charge in [-0.3, -0.25) is 9.48 Å². The van der Waals surface area contributed by atoms with Crippen LogP contribution in [0.5, 0.6) is 0 Å². The third-order valence-electron chi connectivity index (χ3n) is 4.62. The van der Waals surface area contributed by atoms with Gasteiger partial charge in [0.1, 0.15) is 9.71 Å². The van der Waals surface area contributed by atoms with Crippen LogP contribution in [0.1, 0.15) is 46.8 Å². The minimum Gasteiger partial charge on any atom is -0.451 e. The summed E-state index contributed by atoms with van der Waals surface area (Å²) in [6.45, 7) is 8.24. The second-order valence-corrected chi connectivity index (χ2v) is 8.04. The molecule has 0 bridgehead atoms. The fourth-order valence-electron chi connectivity index (χ4n) is 2.81. The standard InChI is InChI=1S/C21H25N3O3S/c1-5-14(3)22-19(25)12-27-21(26)18-10-17-15(4)23-24(20(17)28-18)11-16-8-6-13(2)7-9-16/h6-10,14H,5,11-12H2,1-4H3,(H,22,25)/t14-/m0/s1. The SMILES string of the molecule is CC[C@H](C)NC(=O)COC(=O)c1cc2c(C)nn(Cc3ccc(C)cc3)c2s1. The molecule has 1 amide bonds. The quantitative estimate of drug-likeness (QED) is 0.613. The van der Waals surface area contributed by atoms with Crippen molar-refractivity contribution in [2.24, 2.45) is 0 Å². The molecule has 1 aromatic carbocycles.